The maximum absolute atomic E-state index is 12.3. The minimum Gasteiger partial charge on any atom is -0.372 e. The highest BCUT2D eigenvalue weighted by atomic mass is 16.6. The highest BCUT2D eigenvalue weighted by Gasteiger charge is 2.22. The van der Waals surface area contributed by atoms with Gasteiger partial charge in [0.25, 0.3) is 11.6 Å². The largest absolute Gasteiger partial charge is 0.372 e. The summed E-state index contributed by atoms with van der Waals surface area (Å²) in [5.41, 5.74) is -0.288. The van der Waals surface area contributed by atoms with Gasteiger partial charge < -0.3 is 15.0 Å². The third-order valence-corrected chi connectivity index (χ3v) is 3.47. The molecule has 8 heteroatoms. The van der Waals surface area contributed by atoms with Gasteiger partial charge in [-0.05, 0) is 19.9 Å². The number of hydrogen-bond acceptors (Lipinski definition) is 6. The topological polar surface area (TPSA) is 109 Å². The first-order valence-electron chi connectivity index (χ1n) is 7.47. The first kappa shape index (κ1) is 17.4. The Morgan fingerprint density at radius 3 is 2.62 bits per heavy atom. The van der Waals surface area contributed by atoms with Crippen LogP contribution in [0.3, 0.4) is 0 Å². The lowest BCUT2D eigenvalue weighted by Gasteiger charge is -2.34. The monoisotopic (exact) mass is 330 g/mol. The standard InChI is InChI=1S/C16H18N4O4/c1-11-8-19(9-12(2)24-11)10-13(7-17)16(21)18-14-5-3-4-6-15(14)20(22)23/h3-6,10-12H,8-9H2,1-2H3,(H,18,21)/b13-10-. The zero-order valence-corrected chi connectivity index (χ0v) is 13.4. The predicted molar refractivity (Wildman–Crippen MR) is 87.0 cm³/mol. The number of nitriles is 1. The molecule has 1 aliphatic heterocycles. The molecule has 2 atom stereocenters. The molecule has 0 aromatic heterocycles. The Labute approximate surface area is 139 Å². The number of nitro groups is 1. The van der Waals surface area contributed by atoms with E-state index in [2.05, 4.69) is 5.32 Å². The van der Waals surface area contributed by atoms with Gasteiger partial charge in [-0.25, -0.2) is 0 Å². The molecule has 1 aromatic carbocycles. The van der Waals surface area contributed by atoms with Crippen LogP contribution >= 0.6 is 0 Å². The summed E-state index contributed by atoms with van der Waals surface area (Å²) in [6, 6.07) is 7.63. The van der Waals surface area contributed by atoms with Crippen molar-refractivity contribution in [2.75, 3.05) is 18.4 Å². The van der Waals surface area contributed by atoms with E-state index in [4.69, 9.17) is 4.74 Å². The molecule has 1 aromatic rings. The number of carbonyl (C=O) groups excluding carboxylic acids is 1. The molecule has 1 amide bonds. The number of morpholine rings is 1. The zero-order chi connectivity index (χ0) is 17.7. The van der Waals surface area contributed by atoms with Crippen molar-refractivity contribution in [2.24, 2.45) is 0 Å². The van der Waals surface area contributed by atoms with Crippen LogP contribution < -0.4 is 5.32 Å². The number of nitrogens with one attached hydrogen (secondary N) is 1. The van der Waals surface area contributed by atoms with Gasteiger partial charge in [-0.2, -0.15) is 5.26 Å². The molecule has 1 fully saturated rings. The lowest BCUT2D eigenvalue weighted by atomic mass is 10.2. The van der Waals surface area contributed by atoms with Gasteiger partial charge in [0, 0.05) is 25.4 Å². The van der Waals surface area contributed by atoms with Crippen LogP contribution in [-0.4, -0.2) is 41.0 Å². The van der Waals surface area contributed by atoms with Gasteiger partial charge in [-0.15, -0.1) is 0 Å². The molecular weight excluding hydrogens is 312 g/mol. The molecule has 0 bridgehead atoms. The van der Waals surface area contributed by atoms with Crippen LogP contribution in [0.1, 0.15) is 13.8 Å². The molecule has 1 heterocycles. The van der Waals surface area contributed by atoms with Crippen LogP contribution in [0.4, 0.5) is 11.4 Å². The molecule has 1 saturated heterocycles. The lowest BCUT2D eigenvalue weighted by Crippen LogP contribution is -2.43. The molecule has 8 nitrogen and oxygen atoms in total. The number of amides is 1. The Balaban J connectivity index is 2.17. The zero-order valence-electron chi connectivity index (χ0n) is 13.4. The summed E-state index contributed by atoms with van der Waals surface area (Å²) in [6.45, 7) is 4.95. The fraction of sp³-hybridized carbons (Fsp3) is 0.375. The van der Waals surface area contributed by atoms with Crippen LogP contribution in [-0.2, 0) is 9.53 Å². The van der Waals surface area contributed by atoms with Crippen molar-refractivity contribution in [3.05, 3.63) is 46.2 Å². The maximum atomic E-state index is 12.3. The molecule has 0 radical (unpaired) electrons. The highest BCUT2D eigenvalue weighted by Crippen LogP contribution is 2.23. The molecule has 24 heavy (non-hydrogen) atoms. The minimum absolute atomic E-state index is 0.0109. The van der Waals surface area contributed by atoms with Crippen LogP contribution in [0.2, 0.25) is 0 Å². The minimum atomic E-state index is -0.682. The van der Waals surface area contributed by atoms with Gasteiger partial charge in [0.1, 0.15) is 17.3 Å². The predicted octanol–water partition coefficient (Wildman–Crippen LogP) is 2.05. The Morgan fingerprint density at radius 1 is 1.42 bits per heavy atom. The van der Waals surface area contributed by atoms with Crippen molar-refractivity contribution in [1.29, 1.82) is 5.26 Å². The van der Waals surface area contributed by atoms with E-state index in [1.165, 1.54) is 24.4 Å². The van der Waals surface area contributed by atoms with E-state index in [0.29, 0.717) is 13.1 Å². The average molecular weight is 330 g/mol. The number of hydrogen-bond donors (Lipinski definition) is 1. The van der Waals surface area contributed by atoms with Gasteiger partial charge in [0.05, 0.1) is 17.1 Å². The van der Waals surface area contributed by atoms with Gasteiger partial charge in [-0.1, -0.05) is 12.1 Å². The van der Waals surface area contributed by atoms with Gasteiger partial charge in [-0.3, -0.25) is 14.9 Å². The van der Waals surface area contributed by atoms with E-state index >= 15 is 0 Å². The molecule has 2 rings (SSSR count). The van der Waals surface area contributed by atoms with E-state index in [9.17, 15) is 20.2 Å². The summed E-state index contributed by atoms with van der Waals surface area (Å²) in [6.07, 6.45) is 1.45. The van der Waals surface area contributed by atoms with E-state index in [0.717, 1.165) is 0 Å². The molecule has 1 N–H and O–H groups in total. The number of anilines is 1. The quantitative estimate of drug-likeness (QED) is 0.392. The molecule has 2 unspecified atom stereocenters. The summed E-state index contributed by atoms with van der Waals surface area (Å²) in [5.74, 6) is -0.682. The summed E-state index contributed by atoms with van der Waals surface area (Å²) >= 11 is 0. The van der Waals surface area contributed by atoms with Gasteiger partial charge in [0.15, 0.2) is 0 Å². The molecule has 0 spiro atoms. The Morgan fingerprint density at radius 2 is 2.04 bits per heavy atom. The van der Waals surface area contributed by atoms with Crippen LogP contribution in [0.5, 0.6) is 0 Å². The van der Waals surface area contributed by atoms with Crippen molar-refractivity contribution in [3.8, 4) is 6.07 Å². The molecule has 126 valence electrons. The summed E-state index contributed by atoms with van der Waals surface area (Å²) in [7, 11) is 0. The molecule has 1 aliphatic rings. The molecular formula is C16H18N4O4. The van der Waals surface area contributed by atoms with Crippen LogP contribution in [0.25, 0.3) is 0 Å². The number of para-hydroxylation sites is 2. The van der Waals surface area contributed by atoms with Crippen molar-refractivity contribution < 1.29 is 14.5 Å². The highest BCUT2D eigenvalue weighted by molar-refractivity contribution is 6.07. The SMILES string of the molecule is CC1CN(/C=C(/C#N)C(=O)Nc2ccccc2[N+](=O)[O-])CC(C)O1. The van der Waals surface area contributed by atoms with Crippen molar-refractivity contribution >= 4 is 17.3 Å². The smallest absolute Gasteiger partial charge is 0.292 e. The fourth-order valence-corrected chi connectivity index (χ4v) is 2.57. The lowest BCUT2D eigenvalue weighted by molar-refractivity contribution is -0.383. The van der Waals surface area contributed by atoms with Crippen LogP contribution in [0, 0.1) is 21.4 Å². The second-order valence-electron chi connectivity index (χ2n) is 5.59. The number of ether oxygens (including phenoxy) is 1. The normalized spacial score (nSPS) is 21.0. The second kappa shape index (κ2) is 7.57. The third-order valence-electron chi connectivity index (χ3n) is 3.47. The average Bonchev–Trinajstić information content (AvgIpc) is 2.51. The van der Waals surface area contributed by atoms with E-state index in [-0.39, 0.29) is 29.2 Å². The van der Waals surface area contributed by atoms with Crippen molar-refractivity contribution in [2.45, 2.75) is 26.1 Å². The Bertz CT molecular complexity index is 700. The number of nitrogens with zero attached hydrogens (tertiary/aromatic N) is 3. The van der Waals surface area contributed by atoms with E-state index in [1.54, 1.807) is 6.07 Å². The van der Waals surface area contributed by atoms with E-state index < -0.39 is 10.8 Å². The maximum Gasteiger partial charge on any atom is 0.292 e. The summed E-state index contributed by atoms with van der Waals surface area (Å²) in [5, 5.41) is 22.7. The first-order valence-corrected chi connectivity index (χ1v) is 7.47. The molecule has 0 aliphatic carbocycles. The van der Waals surface area contributed by atoms with E-state index in [1.807, 2.05) is 24.8 Å². The van der Waals surface area contributed by atoms with Crippen molar-refractivity contribution in [1.82, 2.24) is 4.90 Å². The third kappa shape index (κ3) is 4.30. The Kier molecular flexibility index (Phi) is 5.50. The summed E-state index contributed by atoms with van der Waals surface area (Å²) < 4.78 is 5.60. The number of nitro benzene ring substituents is 1. The molecule has 0 saturated carbocycles. The van der Waals surface area contributed by atoms with Gasteiger partial charge in [0.2, 0.25) is 0 Å². The number of benzene rings is 1. The Hall–Kier alpha value is -2.92. The summed E-state index contributed by atoms with van der Waals surface area (Å²) in [4.78, 5) is 24.5. The number of carbonyl (C=O) groups is 1. The van der Waals surface area contributed by atoms with Gasteiger partial charge >= 0.3 is 0 Å². The fourth-order valence-electron chi connectivity index (χ4n) is 2.57. The van der Waals surface area contributed by atoms with Crippen LogP contribution in [0.15, 0.2) is 36.0 Å². The number of rotatable bonds is 4. The van der Waals surface area contributed by atoms with Crippen molar-refractivity contribution in [3.63, 3.8) is 0 Å². The second-order valence-corrected chi connectivity index (χ2v) is 5.59. The first-order chi connectivity index (χ1) is 11.4.